The zero-order chi connectivity index (χ0) is 9.19. The van der Waals surface area contributed by atoms with Crippen molar-refractivity contribution in [2.45, 2.75) is 12.5 Å². The summed E-state index contributed by atoms with van der Waals surface area (Å²) in [5, 5.41) is 3.14. The molecule has 0 radical (unpaired) electrons. The van der Waals surface area contributed by atoms with Crippen LogP contribution in [0.1, 0.15) is 6.42 Å². The maximum absolute atomic E-state index is 11.2. The average molecular weight is 193 g/mol. The van der Waals surface area contributed by atoms with Gasteiger partial charge in [0.25, 0.3) is 10.2 Å². The molecule has 1 unspecified atom stereocenters. The fraction of sp³-hybridized carbons (Fsp3) is 1.00. The van der Waals surface area contributed by atoms with E-state index in [9.17, 15) is 8.42 Å². The van der Waals surface area contributed by atoms with Crippen molar-refractivity contribution in [3.63, 3.8) is 0 Å². The molecule has 0 aromatic heterocycles. The lowest BCUT2D eigenvalue weighted by atomic mass is 10.1. The Labute approximate surface area is 73.3 Å². The molecule has 1 heterocycles. The maximum atomic E-state index is 11.2. The Morgan fingerprint density at radius 1 is 1.67 bits per heavy atom. The maximum Gasteiger partial charge on any atom is 0.278 e. The van der Waals surface area contributed by atoms with Gasteiger partial charge in [0, 0.05) is 26.7 Å². The Hall–Kier alpha value is -0.170. The van der Waals surface area contributed by atoms with E-state index >= 15 is 0 Å². The molecule has 5 nitrogen and oxygen atoms in total. The first-order valence-corrected chi connectivity index (χ1v) is 5.38. The van der Waals surface area contributed by atoms with Crippen LogP contribution in [0.15, 0.2) is 0 Å². The van der Waals surface area contributed by atoms with Gasteiger partial charge in [0.05, 0.1) is 0 Å². The molecule has 1 fully saturated rings. The number of nitrogens with zero attached hydrogens (tertiary/aromatic N) is 1. The van der Waals surface area contributed by atoms with E-state index in [2.05, 4.69) is 10.0 Å². The Morgan fingerprint density at radius 2 is 2.25 bits per heavy atom. The van der Waals surface area contributed by atoms with Gasteiger partial charge in [0.1, 0.15) is 0 Å². The van der Waals surface area contributed by atoms with Gasteiger partial charge >= 0.3 is 0 Å². The highest BCUT2D eigenvalue weighted by Crippen LogP contribution is 2.05. The first-order chi connectivity index (χ1) is 5.56. The van der Waals surface area contributed by atoms with Crippen LogP contribution in [-0.2, 0) is 10.2 Å². The largest absolute Gasteiger partial charge is 0.313 e. The summed E-state index contributed by atoms with van der Waals surface area (Å²) in [6, 6.07) is 0.332. The van der Waals surface area contributed by atoms with Gasteiger partial charge in [-0.3, -0.25) is 0 Å². The number of hydrogen-bond donors (Lipinski definition) is 2. The van der Waals surface area contributed by atoms with Crippen molar-refractivity contribution in [1.82, 2.24) is 14.3 Å². The SMILES string of the molecule is CNS(=O)(=O)N(C)CC1CCN1. The van der Waals surface area contributed by atoms with E-state index < -0.39 is 10.2 Å². The van der Waals surface area contributed by atoms with Crippen LogP contribution in [0.4, 0.5) is 0 Å². The zero-order valence-electron chi connectivity index (χ0n) is 7.37. The van der Waals surface area contributed by atoms with Crippen molar-refractivity contribution in [3.8, 4) is 0 Å². The van der Waals surface area contributed by atoms with Crippen LogP contribution in [-0.4, -0.2) is 45.9 Å². The van der Waals surface area contributed by atoms with Gasteiger partial charge in [0.15, 0.2) is 0 Å². The third-order valence-electron chi connectivity index (χ3n) is 2.07. The highest BCUT2D eigenvalue weighted by atomic mass is 32.2. The van der Waals surface area contributed by atoms with Crippen LogP contribution in [0, 0.1) is 0 Å². The topological polar surface area (TPSA) is 61.4 Å². The van der Waals surface area contributed by atoms with Crippen molar-refractivity contribution in [2.24, 2.45) is 0 Å². The van der Waals surface area contributed by atoms with Gasteiger partial charge in [0.2, 0.25) is 0 Å². The molecule has 0 bridgehead atoms. The van der Waals surface area contributed by atoms with E-state index in [0.717, 1.165) is 13.0 Å². The first kappa shape index (κ1) is 9.91. The van der Waals surface area contributed by atoms with Crippen molar-refractivity contribution in [2.75, 3.05) is 27.2 Å². The molecule has 1 atom stereocenters. The predicted octanol–water partition coefficient (Wildman–Crippen LogP) is -1.26. The van der Waals surface area contributed by atoms with Gasteiger partial charge in [-0.1, -0.05) is 0 Å². The molecule has 0 saturated carbocycles. The molecule has 6 heteroatoms. The van der Waals surface area contributed by atoms with Crippen LogP contribution >= 0.6 is 0 Å². The third kappa shape index (κ3) is 2.16. The molecule has 72 valence electrons. The second-order valence-corrected chi connectivity index (χ2v) is 4.91. The monoisotopic (exact) mass is 193 g/mol. The molecule has 1 aliphatic heterocycles. The normalized spacial score (nSPS) is 24.1. The number of nitrogens with one attached hydrogen (secondary N) is 2. The minimum atomic E-state index is -3.23. The molecule has 1 saturated heterocycles. The van der Waals surface area contributed by atoms with Crippen molar-refractivity contribution >= 4 is 10.2 Å². The molecule has 0 aromatic carbocycles. The van der Waals surface area contributed by atoms with E-state index in [1.54, 1.807) is 7.05 Å². The Morgan fingerprint density at radius 3 is 2.58 bits per heavy atom. The lowest BCUT2D eigenvalue weighted by Crippen LogP contribution is -2.51. The molecule has 0 aliphatic carbocycles. The minimum Gasteiger partial charge on any atom is -0.313 e. The van der Waals surface area contributed by atoms with E-state index in [0.29, 0.717) is 12.6 Å². The van der Waals surface area contributed by atoms with Gasteiger partial charge < -0.3 is 5.32 Å². The number of hydrogen-bond acceptors (Lipinski definition) is 3. The quantitative estimate of drug-likeness (QED) is 0.586. The Bertz CT molecular complexity index is 235. The second kappa shape index (κ2) is 3.69. The summed E-state index contributed by atoms with van der Waals surface area (Å²) in [4.78, 5) is 0. The van der Waals surface area contributed by atoms with E-state index in [4.69, 9.17) is 0 Å². The van der Waals surface area contributed by atoms with E-state index in [-0.39, 0.29) is 0 Å². The molecule has 0 amide bonds. The molecule has 0 spiro atoms. The van der Waals surface area contributed by atoms with Crippen LogP contribution in [0.2, 0.25) is 0 Å². The molecular weight excluding hydrogens is 178 g/mol. The molecule has 12 heavy (non-hydrogen) atoms. The summed E-state index contributed by atoms with van der Waals surface area (Å²) in [6.45, 7) is 1.54. The van der Waals surface area contributed by atoms with Gasteiger partial charge in [-0.15, -0.1) is 0 Å². The van der Waals surface area contributed by atoms with E-state index in [1.165, 1.54) is 11.4 Å². The third-order valence-corrected chi connectivity index (χ3v) is 3.56. The van der Waals surface area contributed by atoms with Gasteiger partial charge in [-0.05, 0) is 13.0 Å². The van der Waals surface area contributed by atoms with Crippen LogP contribution in [0.3, 0.4) is 0 Å². The summed E-state index contributed by atoms with van der Waals surface area (Å²) >= 11 is 0. The Kier molecular flexibility index (Phi) is 3.05. The second-order valence-electron chi connectivity index (χ2n) is 2.93. The molecule has 2 N–H and O–H groups in total. The Balaban J connectivity index is 2.41. The van der Waals surface area contributed by atoms with Crippen molar-refractivity contribution in [3.05, 3.63) is 0 Å². The molecule has 1 rings (SSSR count). The molecular formula is C6H15N3O2S. The van der Waals surface area contributed by atoms with Gasteiger partial charge in [-0.25, -0.2) is 4.72 Å². The van der Waals surface area contributed by atoms with Crippen LogP contribution in [0.25, 0.3) is 0 Å². The summed E-state index contributed by atoms with van der Waals surface area (Å²) < 4.78 is 25.9. The zero-order valence-corrected chi connectivity index (χ0v) is 8.19. The fourth-order valence-electron chi connectivity index (χ4n) is 1.07. The van der Waals surface area contributed by atoms with E-state index in [1.807, 2.05) is 0 Å². The molecule has 0 aromatic rings. The van der Waals surface area contributed by atoms with Crippen LogP contribution in [0.5, 0.6) is 0 Å². The fourth-order valence-corrected chi connectivity index (χ4v) is 1.76. The summed E-state index contributed by atoms with van der Waals surface area (Å²) in [6.07, 6.45) is 1.06. The molecule has 1 aliphatic rings. The summed E-state index contributed by atoms with van der Waals surface area (Å²) in [5.41, 5.74) is 0. The standard InChI is InChI=1S/C6H15N3O2S/c1-7-12(10,11)9(2)5-6-3-4-8-6/h6-8H,3-5H2,1-2H3. The minimum absolute atomic E-state index is 0.332. The highest BCUT2D eigenvalue weighted by molar-refractivity contribution is 7.87. The van der Waals surface area contributed by atoms with Crippen LogP contribution < -0.4 is 10.0 Å². The smallest absolute Gasteiger partial charge is 0.278 e. The van der Waals surface area contributed by atoms with Crippen molar-refractivity contribution in [1.29, 1.82) is 0 Å². The average Bonchev–Trinajstić information content (AvgIpc) is 1.96. The summed E-state index contributed by atoms with van der Waals surface area (Å²) in [5.74, 6) is 0. The summed E-state index contributed by atoms with van der Waals surface area (Å²) in [7, 11) is -0.234. The lowest BCUT2D eigenvalue weighted by Gasteiger charge is -2.30. The lowest BCUT2D eigenvalue weighted by molar-refractivity contribution is 0.308. The number of likely N-dealkylation sites (N-methyl/N-ethyl adjacent to an activating group) is 1. The predicted molar refractivity (Wildman–Crippen MR) is 47.0 cm³/mol. The number of rotatable bonds is 4. The van der Waals surface area contributed by atoms with Gasteiger partial charge in [-0.2, -0.15) is 12.7 Å². The highest BCUT2D eigenvalue weighted by Gasteiger charge is 2.23. The van der Waals surface area contributed by atoms with Crippen molar-refractivity contribution < 1.29 is 8.42 Å². The first-order valence-electron chi connectivity index (χ1n) is 3.94.